The summed E-state index contributed by atoms with van der Waals surface area (Å²) in [6.45, 7) is 4.70. The van der Waals surface area contributed by atoms with Crippen LogP contribution in [0.15, 0.2) is 71.6 Å². The van der Waals surface area contributed by atoms with E-state index in [9.17, 15) is 31.2 Å². The van der Waals surface area contributed by atoms with Gasteiger partial charge in [-0.05, 0) is 67.8 Å². The number of benzene rings is 3. The van der Waals surface area contributed by atoms with E-state index in [1.807, 2.05) is 6.92 Å². The number of halogens is 5. The second kappa shape index (κ2) is 15.1. The van der Waals surface area contributed by atoms with Crippen LogP contribution in [0.1, 0.15) is 49.8 Å². The maximum Gasteiger partial charge on any atom is 0.416 e. The molecule has 238 valence electrons. The maximum absolute atomic E-state index is 14.1. The summed E-state index contributed by atoms with van der Waals surface area (Å²) in [4.78, 5) is 28.4. The first-order valence-corrected chi connectivity index (χ1v) is 16.2. The fraction of sp³-hybridized carbons (Fsp3) is 0.355. The highest BCUT2D eigenvalue weighted by Gasteiger charge is 2.36. The van der Waals surface area contributed by atoms with Crippen molar-refractivity contribution in [1.29, 1.82) is 0 Å². The molecule has 0 radical (unpaired) electrons. The van der Waals surface area contributed by atoms with Crippen LogP contribution >= 0.6 is 23.2 Å². The Hall–Kier alpha value is -3.28. The van der Waals surface area contributed by atoms with Gasteiger partial charge in [-0.25, -0.2) is 8.42 Å². The van der Waals surface area contributed by atoms with Crippen molar-refractivity contribution >= 4 is 50.7 Å². The van der Waals surface area contributed by atoms with Crippen LogP contribution in [0.2, 0.25) is 10.0 Å². The van der Waals surface area contributed by atoms with Gasteiger partial charge in [0, 0.05) is 23.1 Å². The number of sulfonamides is 1. The number of carbonyl (C=O) groups excluding carboxylic acids is 2. The van der Waals surface area contributed by atoms with Gasteiger partial charge in [-0.15, -0.1) is 0 Å². The molecule has 3 aromatic carbocycles. The second-order valence-electron chi connectivity index (χ2n) is 10.2. The smallest absolute Gasteiger partial charge is 0.354 e. The molecule has 2 amide bonds. The Morgan fingerprint density at radius 2 is 1.66 bits per heavy atom. The Kier molecular flexibility index (Phi) is 12.1. The summed E-state index contributed by atoms with van der Waals surface area (Å²) < 4.78 is 69.4. The minimum absolute atomic E-state index is 0.170. The SMILES string of the molecule is CCCCNC(=O)C(CC)N(Cc1ccc(Cl)cc1Cl)C(=O)CN(c1cccc(C(F)(F)F)c1)S(=O)(=O)c1ccc(C)cc1. The summed E-state index contributed by atoms with van der Waals surface area (Å²) in [7, 11) is -4.54. The molecule has 1 atom stereocenters. The average molecular weight is 673 g/mol. The third kappa shape index (κ3) is 8.89. The summed E-state index contributed by atoms with van der Waals surface area (Å²) in [5, 5.41) is 3.38. The molecule has 1 unspecified atom stereocenters. The number of nitrogens with zero attached hydrogens (tertiary/aromatic N) is 2. The summed E-state index contributed by atoms with van der Waals surface area (Å²) >= 11 is 12.4. The minimum Gasteiger partial charge on any atom is -0.354 e. The Bertz CT molecular complexity index is 1570. The highest BCUT2D eigenvalue weighted by Crippen LogP contribution is 2.34. The van der Waals surface area contributed by atoms with Crippen molar-refractivity contribution in [3.8, 4) is 0 Å². The fourth-order valence-corrected chi connectivity index (χ4v) is 6.34. The van der Waals surface area contributed by atoms with Gasteiger partial charge in [0.15, 0.2) is 0 Å². The third-order valence-corrected chi connectivity index (χ3v) is 9.30. The van der Waals surface area contributed by atoms with E-state index in [1.165, 1.54) is 29.2 Å². The molecule has 13 heteroatoms. The van der Waals surface area contributed by atoms with E-state index in [1.54, 1.807) is 38.1 Å². The van der Waals surface area contributed by atoms with Crippen LogP contribution < -0.4 is 9.62 Å². The molecule has 0 saturated heterocycles. The summed E-state index contributed by atoms with van der Waals surface area (Å²) in [5.74, 6) is -1.27. The molecular formula is C31H34Cl2F3N3O4S. The van der Waals surface area contributed by atoms with Gasteiger partial charge >= 0.3 is 6.18 Å². The lowest BCUT2D eigenvalue weighted by molar-refractivity contribution is -0.140. The van der Waals surface area contributed by atoms with Gasteiger partial charge in [-0.3, -0.25) is 13.9 Å². The first kappa shape index (κ1) is 35.2. The molecule has 0 aromatic heterocycles. The molecule has 0 heterocycles. The van der Waals surface area contributed by atoms with Crippen LogP contribution in [0, 0.1) is 6.92 Å². The molecule has 0 aliphatic heterocycles. The van der Waals surface area contributed by atoms with Crippen molar-refractivity contribution in [1.82, 2.24) is 10.2 Å². The van der Waals surface area contributed by atoms with Crippen LogP contribution in [-0.4, -0.2) is 44.3 Å². The van der Waals surface area contributed by atoms with E-state index < -0.39 is 46.2 Å². The Morgan fingerprint density at radius 1 is 0.977 bits per heavy atom. The number of hydrogen-bond acceptors (Lipinski definition) is 4. The number of aryl methyl sites for hydroxylation is 1. The third-order valence-electron chi connectivity index (χ3n) is 6.92. The summed E-state index contributed by atoms with van der Waals surface area (Å²) in [6, 6.07) is 13.0. The Morgan fingerprint density at radius 3 is 2.25 bits per heavy atom. The van der Waals surface area contributed by atoms with E-state index in [-0.39, 0.29) is 28.6 Å². The van der Waals surface area contributed by atoms with Crippen molar-refractivity contribution < 1.29 is 31.2 Å². The zero-order valence-corrected chi connectivity index (χ0v) is 26.8. The molecule has 7 nitrogen and oxygen atoms in total. The van der Waals surface area contributed by atoms with E-state index in [4.69, 9.17) is 23.2 Å². The lowest BCUT2D eigenvalue weighted by Gasteiger charge is -2.33. The normalized spacial score (nSPS) is 12.5. The largest absolute Gasteiger partial charge is 0.416 e. The standard InChI is InChI=1S/C31H34Cl2F3N3O4S/c1-4-6-16-37-30(41)28(5-2)38(19-22-12-13-24(32)18-27(22)33)29(40)20-39(25-9-7-8-23(17-25)31(34,35)36)44(42,43)26-14-10-21(3)11-15-26/h7-15,17-18,28H,4-6,16,19-20H2,1-3H3,(H,37,41). The van der Waals surface area contributed by atoms with Gasteiger partial charge in [-0.2, -0.15) is 13.2 Å². The number of nitrogens with one attached hydrogen (secondary N) is 1. The van der Waals surface area contributed by atoms with E-state index >= 15 is 0 Å². The number of alkyl halides is 3. The lowest BCUT2D eigenvalue weighted by Crippen LogP contribution is -2.52. The highest BCUT2D eigenvalue weighted by atomic mass is 35.5. The van der Waals surface area contributed by atoms with Crippen molar-refractivity contribution in [2.75, 3.05) is 17.4 Å². The van der Waals surface area contributed by atoms with Crippen LogP contribution in [0.5, 0.6) is 0 Å². The first-order valence-electron chi connectivity index (χ1n) is 14.0. The predicted molar refractivity (Wildman–Crippen MR) is 166 cm³/mol. The fourth-order valence-electron chi connectivity index (χ4n) is 4.46. The molecule has 44 heavy (non-hydrogen) atoms. The van der Waals surface area contributed by atoms with Crippen molar-refractivity contribution in [3.05, 3.63) is 93.5 Å². The molecule has 0 fully saturated rings. The summed E-state index contributed by atoms with van der Waals surface area (Å²) in [6.07, 6.45) is -3.07. The van der Waals surface area contributed by atoms with E-state index in [0.29, 0.717) is 33.9 Å². The average Bonchev–Trinajstić information content (AvgIpc) is 2.96. The highest BCUT2D eigenvalue weighted by molar-refractivity contribution is 7.92. The minimum atomic E-state index is -4.76. The number of rotatable bonds is 13. The van der Waals surface area contributed by atoms with Crippen LogP contribution in [0.3, 0.4) is 0 Å². The molecule has 0 bridgehead atoms. The van der Waals surface area contributed by atoms with Crippen LogP contribution in [0.4, 0.5) is 18.9 Å². The van der Waals surface area contributed by atoms with E-state index in [0.717, 1.165) is 24.1 Å². The van der Waals surface area contributed by atoms with Crippen molar-refractivity contribution in [2.24, 2.45) is 0 Å². The molecule has 0 aliphatic rings. The first-order chi connectivity index (χ1) is 20.7. The van der Waals surface area contributed by atoms with Crippen molar-refractivity contribution in [2.45, 2.75) is 63.7 Å². The predicted octanol–water partition coefficient (Wildman–Crippen LogP) is 7.24. The maximum atomic E-state index is 14.1. The lowest BCUT2D eigenvalue weighted by atomic mass is 10.1. The molecule has 0 saturated carbocycles. The van der Waals surface area contributed by atoms with Gasteiger partial charge in [-0.1, -0.05) is 73.3 Å². The Labute approximate surface area is 266 Å². The molecule has 3 rings (SSSR count). The number of hydrogen-bond donors (Lipinski definition) is 1. The molecule has 1 N–H and O–H groups in total. The summed E-state index contributed by atoms with van der Waals surface area (Å²) in [5.41, 5.74) is -0.246. The van der Waals surface area contributed by atoms with Gasteiger partial charge in [0.1, 0.15) is 12.6 Å². The van der Waals surface area contributed by atoms with Gasteiger partial charge in [0.05, 0.1) is 16.1 Å². The van der Waals surface area contributed by atoms with E-state index in [2.05, 4.69) is 5.32 Å². The number of unbranched alkanes of at least 4 members (excludes halogenated alkanes) is 1. The topological polar surface area (TPSA) is 86.8 Å². The zero-order chi connectivity index (χ0) is 32.7. The molecular weight excluding hydrogens is 638 g/mol. The number of carbonyl (C=O) groups is 2. The van der Waals surface area contributed by atoms with Crippen LogP contribution in [0.25, 0.3) is 0 Å². The second-order valence-corrected chi connectivity index (χ2v) is 12.9. The Balaban J connectivity index is 2.12. The van der Waals surface area contributed by atoms with Gasteiger partial charge < -0.3 is 10.2 Å². The number of anilines is 1. The van der Waals surface area contributed by atoms with Crippen LogP contribution in [-0.2, 0) is 32.3 Å². The zero-order valence-electron chi connectivity index (χ0n) is 24.5. The number of amides is 2. The van der Waals surface area contributed by atoms with Gasteiger partial charge in [0.2, 0.25) is 11.8 Å². The quantitative estimate of drug-likeness (QED) is 0.194. The van der Waals surface area contributed by atoms with Gasteiger partial charge in [0.25, 0.3) is 10.0 Å². The monoisotopic (exact) mass is 671 g/mol. The molecule has 3 aromatic rings. The molecule has 0 aliphatic carbocycles. The van der Waals surface area contributed by atoms with Crippen molar-refractivity contribution in [3.63, 3.8) is 0 Å². The molecule has 0 spiro atoms.